The lowest BCUT2D eigenvalue weighted by Gasteiger charge is -2.10. The van der Waals surface area contributed by atoms with Crippen LogP contribution >= 0.6 is 0 Å². The molecule has 1 aliphatic rings. The second-order valence-corrected chi connectivity index (χ2v) is 17.1. The first-order chi connectivity index (χ1) is 31.7. The molecule has 3 nitrogen and oxygen atoms in total. The maximum absolute atomic E-state index is 5.20. The zero-order valence-electron chi connectivity index (χ0n) is 34.7. The highest BCUT2D eigenvalue weighted by atomic mass is 15.0. The summed E-state index contributed by atoms with van der Waals surface area (Å²) in [5, 5.41) is 8.63. The Balaban J connectivity index is 0.882. The lowest BCUT2D eigenvalue weighted by Crippen LogP contribution is -1.93. The molecule has 0 atom stereocenters. The zero-order chi connectivity index (χ0) is 41.9. The van der Waals surface area contributed by atoms with E-state index < -0.39 is 0 Å². The minimum Gasteiger partial charge on any atom is -0.309 e. The van der Waals surface area contributed by atoms with Crippen LogP contribution in [0.2, 0.25) is 0 Å². The van der Waals surface area contributed by atoms with E-state index in [2.05, 4.69) is 234 Å². The van der Waals surface area contributed by atoms with Crippen LogP contribution in [-0.4, -0.2) is 14.1 Å². The molecular weight excluding hydrogens is 775 g/mol. The summed E-state index contributed by atoms with van der Waals surface area (Å²) < 4.78 is 4.78. The Morgan fingerprint density at radius 2 is 0.734 bits per heavy atom. The summed E-state index contributed by atoms with van der Waals surface area (Å²) in [5.74, 6) is 0. The van der Waals surface area contributed by atoms with Crippen molar-refractivity contribution < 1.29 is 0 Å². The van der Waals surface area contributed by atoms with E-state index in [1.807, 2.05) is 0 Å². The first kappa shape index (κ1) is 35.1. The number of hydrogen-bond donors (Lipinski definition) is 0. The Morgan fingerprint density at radius 1 is 0.281 bits per heavy atom. The van der Waals surface area contributed by atoms with Crippen molar-refractivity contribution in [2.24, 2.45) is 0 Å². The average Bonchev–Trinajstić information content (AvgIpc) is 4.00. The standard InChI is InChI=1S/C61H37N3/c1-3-12-45(13-4-1)63-57-21-10-9-18-49(57)51-34-42(27-29-58(51)63)43-28-31-60-53(36-43)52-35-41(26-30-59(52)64(60)46-14-5-2-6-15-46)39-22-23-40-33-44(25-24-38(40)32-39)56-37-54-48-17-8-7-16-47(48)50-19-11-20-55(62-56)61(50)54/h1-37H. The number of rotatable bonds is 5. The molecule has 0 spiro atoms. The molecule has 0 radical (unpaired) electrons. The molecule has 0 bridgehead atoms. The van der Waals surface area contributed by atoms with Gasteiger partial charge in [0, 0.05) is 43.9 Å². The molecule has 14 rings (SSSR count). The Labute approximate surface area is 369 Å². The van der Waals surface area contributed by atoms with E-state index in [0.29, 0.717) is 0 Å². The van der Waals surface area contributed by atoms with Gasteiger partial charge in [-0.3, -0.25) is 0 Å². The normalized spacial score (nSPS) is 12.1. The summed E-state index contributed by atoms with van der Waals surface area (Å²) in [7, 11) is 0. The van der Waals surface area contributed by atoms with Crippen LogP contribution in [0.25, 0.3) is 132 Å². The average molecular weight is 812 g/mol. The number of para-hydroxylation sites is 3. The third-order valence-corrected chi connectivity index (χ3v) is 13.6. The van der Waals surface area contributed by atoms with E-state index >= 15 is 0 Å². The van der Waals surface area contributed by atoms with Gasteiger partial charge in [0.1, 0.15) is 0 Å². The van der Waals surface area contributed by atoms with Crippen molar-refractivity contribution in [2.75, 3.05) is 0 Å². The monoisotopic (exact) mass is 811 g/mol. The maximum atomic E-state index is 5.20. The molecule has 3 heteroatoms. The van der Waals surface area contributed by atoms with Gasteiger partial charge < -0.3 is 9.13 Å². The fraction of sp³-hybridized carbons (Fsp3) is 0. The summed E-state index contributed by atoms with van der Waals surface area (Å²) in [6, 6.07) is 82.2. The highest BCUT2D eigenvalue weighted by Crippen LogP contribution is 2.48. The lowest BCUT2D eigenvalue weighted by molar-refractivity contribution is 1.18. The second kappa shape index (κ2) is 13.5. The van der Waals surface area contributed by atoms with Crippen LogP contribution in [0.4, 0.5) is 0 Å². The fourth-order valence-electron chi connectivity index (χ4n) is 10.7. The predicted octanol–water partition coefficient (Wildman–Crippen LogP) is 16.2. The van der Waals surface area contributed by atoms with Gasteiger partial charge in [0.15, 0.2) is 0 Å². The summed E-state index contributed by atoms with van der Waals surface area (Å²) in [5.41, 5.74) is 20.2. The molecule has 0 fully saturated rings. The van der Waals surface area contributed by atoms with Gasteiger partial charge in [-0.15, -0.1) is 0 Å². The first-order valence-corrected chi connectivity index (χ1v) is 22.0. The topological polar surface area (TPSA) is 22.8 Å². The number of aromatic nitrogens is 3. The van der Waals surface area contributed by atoms with E-state index in [4.69, 9.17) is 4.98 Å². The first-order valence-electron chi connectivity index (χ1n) is 22.0. The number of pyridine rings is 1. The van der Waals surface area contributed by atoms with Crippen LogP contribution in [0.3, 0.4) is 0 Å². The maximum Gasteiger partial charge on any atom is 0.0722 e. The van der Waals surface area contributed by atoms with Crippen molar-refractivity contribution in [1.82, 2.24) is 14.1 Å². The van der Waals surface area contributed by atoms with Crippen molar-refractivity contribution >= 4 is 65.3 Å². The SMILES string of the molecule is c1ccc(-n2c3ccccc3c3cc(-c4ccc5c(c4)c4cc(-c6ccc7cc(-c8cc9c%10c(cccc%10n8)-c8ccccc8-9)ccc7c6)ccc4n5-c4ccccc4)ccc32)cc1. The Hall–Kier alpha value is -8.53. The van der Waals surface area contributed by atoms with Gasteiger partial charge in [0.2, 0.25) is 0 Å². The minimum atomic E-state index is 1.00. The van der Waals surface area contributed by atoms with Crippen LogP contribution < -0.4 is 0 Å². The zero-order valence-corrected chi connectivity index (χ0v) is 34.7. The highest BCUT2D eigenvalue weighted by Gasteiger charge is 2.23. The summed E-state index contributed by atoms with van der Waals surface area (Å²) in [6.07, 6.45) is 0. The van der Waals surface area contributed by atoms with Gasteiger partial charge >= 0.3 is 0 Å². The molecule has 0 aliphatic heterocycles. The molecule has 0 amide bonds. The third-order valence-electron chi connectivity index (χ3n) is 13.6. The molecule has 10 aromatic carbocycles. The van der Waals surface area contributed by atoms with Gasteiger partial charge in [-0.1, -0.05) is 133 Å². The van der Waals surface area contributed by atoms with Gasteiger partial charge in [-0.2, -0.15) is 0 Å². The van der Waals surface area contributed by atoms with Crippen molar-refractivity contribution in [3.63, 3.8) is 0 Å². The van der Waals surface area contributed by atoms with Crippen molar-refractivity contribution in [1.29, 1.82) is 0 Å². The van der Waals surface area contributed by atoms with E-state index in [1.54, 1.807) is 0 Å². The van der Waals surface area contributed by atoms with Crippen LogP contribution in [0.5, 0.6) is 0 Å². The highest BCUT2D eigenvalue weighted by molar-refractivity contribution is 6.16. The summed E-state index contributed by atoms with van der Waals surface area (Å²) >= 11 is 0. The molecule has 0 saturated heterocycles. The van der Waals surface area contributed by atoms with Crippen LogP contribution in [0, 0.1) is 0 Å². The smallest absolute Gasteiger partial charge is 0.0722 e. The van der Waals surface area contributed by atoms with E-state index in [9.17, 15) is 0 Å². The third kappa shape index (κ3) is 5.19. The quantitative estimate of drug-likeness (QED) is 0.170. The molecule has 0 saturated carbocycles. The summed E-state index contributed by atoms with van der Waals surface area (Å²) in [6.45, 7) is 0. The van der Waals surface area contributed by atoms with Crippen molar-refractivity contribution in [3.05, 3.63) is 224 Å². The largest absolute Gasteiger partial charge is 0.309 e. The predicted molar refractivity (Wildman–Crippen MR) is 269 cm³/mol. The molecule has 0 unspecified atom stereocenters. The number of hydrogen-bond acceptors (Lipinski definition) is 1. The van der Waals surface area contributed by atoms with Crippen molar-refractivity contribution in [2.45, 2.75) is 0 Å². The van der Waals surface area contributed by atoms with Gasteiger partial charge in [0.25, 0.3) is 0 Å². The van der Waals surface area contributed by atoms with Crippen LogP contribution in [0.15, 0.2) is 224 Å². The van der Waals surface area contributed by atoms with Gasteiger partial charge in [-0.25, -0.2) is 4.98 Å². The molecule has 0 N–H and O–H groups in total. The summed E-state index contributed by atoms with van der Waals surface area (Å²) in [4.78, 5) is 5.20. The number of nitrogens with zero attached hydrogens (tertiary/aromatic N) is 3. The van der Waals surface area contributed by atoms with Crippen LogP contribution in [0.1, 0.15) is 0 Å². The number of fused-ring (bicyclic) bond motifs is 10. The van der Waals surface area contributed by atoms with Crippen molar-refractivity contribution in [3.8, 4) is 67.1 Å². The number of benzene rings is 10. The van der Waals surface area contributed by atoms with Gasteiger partial charge in [0.05, 0.1) is 33.3 Å². The molecule has 1 aliphatic carbocycles. The molecular formula is C61H37N3. The van der Waals surface area contributed by atoms with E-state index in [1.165, 1.54) is 110 Å². The molecule has 64 heavy (non-hydrogen) atoms. The minimum absolute atomic E-state index is 1.00. The molecule has 3 aromatic heterocycles. The second-order valence-electron chi connectivity index (χ2n) is 17.1. The van der Waals surface area contributed by atoms with E-state index in [0.717, 1.165) is 22.5 Å². The molecule has 296 valence electrons. The Morgan fingerprint density at radius 3 is 1.36 bits per heavy atom. The molecule has 13 aromatic rings. The Kier molecular flexibility index (Phi) is 7.40. The Bertz CT molecular complexity index is 4060. The molecule has 3 heterocycles. The van der Waals surface area contributed by atoms with Crippen LogP contribution in [-0.2, 0) is 0 Å². The fourth-order valence-corrected chi connectivity index (χ4v) is 10.7. The van der Waals surface area contributed by atoms with Gasteiger partial charge in [-0.05, 0) is 146 Å². The van der Waals surface area contributed by atoms with E-state index in [-0.39, 0.29) is 0 Å². The lowest BCUT2D eigenvalue weighted by atomic mass is 9.96.